The molecule has 0 spiro atoms. The van der Waals surface area contributed by atoms with Gasteiger partial charge in [0.1, 0.15) is 0 Å². The smallest absolute Gasteiger partial charge is 0.0319 e. The first-order chi connectivity index (χ1) is 6.39. The Bertz CT molecular complexity index is 150. The summed E-state index contributed by atoms with van der Waals surface area (Å²) in [5.41, 5.74) is 6.09. The molecular weight excluding hydrogens is 218 g/mol. The molecule has 0 fully saturated rings. The number of nitrogens with two attached hydrogens (primary N) is 1. The molecular formula is C9H18NO3Ti-. The van der Waals surface area contributed by atoms with Crippen LogP contribution in [0.5, 0.6) is 0 Å². The van der Waals surface area contributed by atoms with Gasteiger partial charge in [0.05, 0.1) is 0 Å². The molecule has 0 aliphatic carbocycles. The Kier molecular flexibility index (Phi) is 49.1. The SMILES string of the molecule is CO.CO.CO.Nc1c[c-]ccc1.[Ti]. The minimum atomic E-state index is 0. The van der Waals surface area contributed by atoms with Crippen LogP contribution in [0.2, 0.25) is 0 Å². The van der Waals surface area contributed by atoms with E-state index in [2.05, 4.69) is 6.07 Å². The normalized spacial score (nSPS) is 5.57. The van der Waals surface area contributed by atoms with Crippen molar-refractivity contribution in [3.05, 3.63) is 30.3 Å². The van der Waals surface area contributed by atoms with E-state index in [0.717, 1.165) is 27.0 Å². The minimum Gasteiger partial charge on any atom is -0.449 e. The summed E-state index contributed by atoms with van der Waals surface area (Å²) in [5, 5.41) is 21.0. The molecule has 0 bridgehead atoms. The number of aliphatic hydroxyl groups excluding tert-OH is 3. The Hall–Kier alpha value is -0.386. The third-order valence-electron chi connectivity index (χ3n) is 0.731. The fraction of sp³-hybridized carbons (Fsp3) is 0.333. The molecule has 0 saturated heterocycles. The summed E-state index contributed by atoms with van der Waals surface area (Å²) in [6.07, 6.45) is 0. The number of hydrogen-bond donors (Lipinski definition) is 4. The summed E-state index contributed by atoms with van der Waals surface area (Å²) in [5.74, 6) is 0. The molecule has 0 atom stereocenters. The number of nitrogen functional groups attached to an aromatic ring is 1. The van der Waals surface area contributed by atoms with Crippen molar-refractivity contribution in [2.75, 3.05) is 27.1 Å². The number of aliphatic hydroxyl groups is 3. The molecule has 0 saturated carbocycles. The van der Waals surface area contributed by atoms with E-state index in [-0.39, 0.29) is 21.7 Å². The van der Waals surface area contributed by atoms with Gasteiger partial charge in [-0.25, -0.2) is 0 Å². The largest absolute Gasteiger partial charge is 0.449 e. The average Bonchev–Trinajstić information content (AvgIpc) is 2.28. The van der Waals surface area contributed by atoms with Gasteiger partial charge in [0.2, 0.25) is 0 Å². The molecule has 0 aromatic heterocycles. The number of anilines is 1. The zero-order valence-corrected chi connectivity index (χ0v) is 10.3. The zero-order valence-electron chi connectivity index (χ0n) is 8.73. The molecule has 0 unspecified atom stereocenters. The maximum Gasteiger partial charge on any atom is 0.0319 e. The number of benzene rings is 1. The molecule has 0 radical (unpaired) electrons. The van der Waals surface area contributed by atoms with Crippen LogP contribution < -0.4 is 5.73 Å². The molecule has 5 N–H and O–H groups in total. The van der Waals surface area contributed by atoms with E-state index in [9.17, 15) is 0 Å². The van der Waals surface area contributed by atoms with Gasteiger partial charge in [0.15, 0.2) is 0 Å². The molecule has 5 heteroatoms. The van der Waals surface area contributed by atoms with Gasteiger partial charge in [0, 0.05) is 43.0 Å². The Labute approximate surface area is 100 Å². The van der Waals surface area contributed by atoms with Gasteiger partial charge < -0.3 is 21.1 Å². The summed E-state index contributed by atoms with van der Waals surface area (Å²) in [6, 6.07) is 10.1. The van der Waals surface area contributed by atoms with E-state index in [1.54, 1.807) is 6.07 Å². The minimum absolute atomic E-state index is 0. The van der Waals surface area contributed by atoms with Gasteiger partial charge in [0.25, 0.3) is 0 Å². The molecule has 14 heavy (non-hydrogen) atoms. The summed E-state index contributed by atoms with van der Waals surface area (Å²) < 4.78 is 0. The molecule has 4 nitrogen and oxygen atoms in total. The fourth-order valence-electron chi connectivity index (χ4n) is 0.407. The van der Waals surface area contributed by atoms with Gasteiger partial charge in [-0.1, -0.05) is 5.69 Å². The topological polar surface area (TPSA) is 86.7 Å². The van der Waals surface area contributed by atoms with Crippen LogP contribution in [-0.4, -0.2) is 36.6 Å². The van der Waals surface area contributed by atoms with Crippen molar-refractivity contribution in [2.24, 2.45) is 0 Å². The zero-order chi connectivity index (χ0) is 11.1. The standard InChI is InChI=1S/C6H6N.3CH4O.Ti/c7-6-4-2-1-3-5-6;3*1-2;/h1-2,4-5H,7H2;3*2H,1H3;/q-1;;;;. The van der Waals surface area contributed by atoms with Crippen molar-refractivity contribution in [3.63, 3.8) is 0 Å². The van der Waals surface area contributed by atoms with E-state index >= 15 is 0 Å². The predicted molar refractivity (Wildman–Crippen MR) is 54.1 cm³/mol. The maximum atomic E-state index is 7.00. The second kappa shape index (κ2) is 29.3. The first-order valence-electron chi connectivity index (χ1n) is 3.45. The maximum absolute atomic E-state index is 7.00. The molecule has 1 aromatic rings. The molecule has 0 aliphatic heterocycles. The van der Waals surface area contributed by atoms with Crippen molar-refractivity contribution in [3.8, 4) is 0 Å². The fourth-order valence-corrected chi connectivity index (χ4v) is 0.407. The first kappa shape index (κ1) is 23.4. The second-order valence-electron chi connectivity index (χ2n) is 1.34. The van der Waals surface area contributed by atoms with Crippen LogP contribution in [-0.2, 0) is 21.7 Å². The average molecular weight is 236 g/mol. The predicted octanol–water partition coefficient (Wildman–Crippen LogP) is -0.108. The van der Waals surface area contributed by atoms with E-state index in [0.29, 0.717) is 0 Å². The van der Waals surface area contributed by atoms with Crippen molar-refractivity contribution in [2.45, 2.75) is 0 Å². The van der Waals surface area contributed by atoms with Gasteiger partial charge >= 0.3 is 0 Å². The van der Waals surface area contributed by atoms with E-state index in [4.69, 9.17) is 21.1 Å². The molecule has 0 heterocycles. The van der Waals surface area contributed by atoms with Crippen LogP contribution in [0.15, 0.2) is 24.3 Å². The Morgan fingerprint density at radius 1 is 1.07 bits per heavy atom. The van der Waals surface area contributed by atoms with Gasteiger partial charge in [-0.2, -0.15) is 30.3 Å². The van der Waals surface area contributed by atoms with Crippen molar-refractivity contribution >= 4 is 5.69 Å². The van der Waals surface area contributed by atoms with Crippen LogP contribution in [0.3, 0.4) is 0 Å². The van der Waals surface area contributed by atoms with Gasteiger partial charge in [-0.3, -0.25) is 0 Å². The van der Waals surface area contributed by atoms with Crippen molar-refractivity contribution in [1.29, 1.82) is 0 Å². The molecule has 82 valence electrons. The van der Waals surface area contributed by atoms with Gasteiger partial charge in [-0.05, 0) is 0 Å². The van der Waals surface area contributed by atoms with E-state index in [1.165, 1.54) is 0 Å². The van der Waals surface area contributed by atoms with Crippen molar-refractivity contribution < 1.29 is 37.0 Å². The van der Waals surface area contributed by atoms with E-state index in [1.807, 2.05) is 18.2 Å². The summed E-state index contributed by atoms with van der Waals surface area (Å²) >= 11 is 0. The van der Waals surface area contributed by atoms with Crippen LogP contribution in [0.4, 0.5) is 5.69 Å². The summed E-state index contributed by atoms with van der Waals surface area (Å²) in [4.78, 5) is 0. The first-order valence-corrected chi connectivity index (χ1v) is 3.45. The third-order valence-corrected chi connectivity index (χ3v) is 0.731. The molecule has 0 aliphatic rings. The summed E-state index contributed by atoms with van der Waals surface area (Å²) in [7, 11) is 3.00. The second-order valence-corrected chi connectivity index (χ2v) is 1.34. The van der Waals surface area contributed by atoms with Crippen molar-refractivity contribution in [1.82, 2.24) is 0 Å². The number of hydrogen-bond acceptors (Lipinski definition) is 4. The van der Waals surface area contributed by atoms with E-state index < -0.39 is 0 Å². The molecule has 0 amide bonds. The number of rotatable bonds is 0. The Morgan fingerprint density at radius 2 is 1.50 bits per heavy atom. The molecule has 1 aromatic carbocycles. The molecule has 1 rings (SSSR count). The van der Waals surface area contributed by atoms with Crippen LogP contribution in [0.1, 0.15) is 0 Å². The Morgan fingerprint density at radius 3 is 1.64 bits per heavy atom. The van der Waals surface area contributed by atoms with Crippen LogP contribution in [0, 0.1) is 6.07 Å². The van der Waals surface area contributed by atoms with Crippen LogP contribution in [0.25, 0.3) is 0 Å². The summed E-state index contributed by atoms with van der Waals surface area (Å²) in [6.45, 7) is 0. The van der Waals surface area contributed by atoms with Crippen LogP contribution >= 0.6 is 0 Å². The monoisotopic (exact) mass is 236 g/mol. The third kappa shape index (κ3) is 22.6. The quantitative estimate of drug-likeness (QED) is 0.287. The Balaban J connectivity index is -0.0000000625. The van der Waals surface area contributed by atoms with Gasteiger partial charge in [-0.15, -0.1) is 0 Å².